The Morgan fingerprint density at radius 1 is 0.950 bits per heavy atom. The number of nitrogens with one attached hydrogen (secondary N) is 2. The lowest BCUT2D eigenvalue weighted by molar-refractivity contribution is -0.136. The molecule has 0 saturated carbocycles. The van der Waals surface area contributed by atoms with E-state index >= 15 is 0 Å². The van der Waals surface area contributed by atoms with Crippen molar-refractivity contribution in [3.63, 3.8) is 0 Å². The summed E-state index contributed by atoms with van der Waals surface area (Å²) >= 11 is 0. The van der Waals surface area contributed by atoms with Crippen LogP contribution >= 0.6 is 0 Å². The fraction of sp³-hybridized carbons (Fsp3) is 0.500. The lowest BCUT2D eigenvalue weighted by atomic mass is 10.0. The maximum atomic E-state index is 13.3. The highest BCUT2D eigenvalue weighted by Crippen LogP contribution is 2.33. The molecule has 40 heavy (non-hydrogen) atoms. The first-order chi connectivity index (χ1) is 19.4. The summed E-state index contributed by atoms with van der Waals surface area (Å²) in [4.78, 5) is 68.0. The summed E-state index contributed by atoms with van der Waals surface area (Å²) in [6.45, 7) is 3.52. The Hall–Kier alpha value is -4.22. The molecule has 3 saturated heterocycles. The van der Waals surface area contributed by atoms with Crippen molar-refractivity contribution < 1.29 is 24.0 Å². The molecular formula is C28H33N7O5. The van der Waals surface area contributed by atoms with Crippen molar-refractivity contribution in [2.45, 2.75) is 63.6 Å². The van der Waals surface area contributed by atoms with E-state index in [2.05, 4.69) is 15.7 Å². The number of fused-ring (bicyclic) bond motifs is 1. The number of urea groups is 1. The van der Waals surface area contributed by atoms with Crippen molar-refractivity contribution in [3.8, 4) is 0 Å². The van der Waals surface area contributed by atoms with Crippen molar-refractivity contribution in [1.82, 2.24) is 29.8 Å². The number of carbonyl (C=O) groups is 5. The molecule has 4 aliphatic heterocycles. The fourth-order valence-corrected chi connectivity index (χ4v) is 6.13. The molecule has 3 fully saturated rings. The molecule has 2 N–H and O–H groups in total. The van der Waals surface area contributed by atoms with Gasteiger partial charge in [0.25, 0.3) is 11.8 Å². The average molecular weight is 548 g/mol. The molecule has 210 valence electrons. The Kier molecular flexibility index (Phi) is 6.99. The average Bonchev–Trinajstić information content (AvgIpc) is 3.55. The molecule has 0 radical (unpaired) electrons. The van der Waals surface area contributed by atoms with E-state index in [9.17, 15) is 24.0 Å². The Labute approximate surface area is 231 Å². The summed E-state index contributed by atoms with van der Waals surface area (Å²) in [5, 5.41) is 10.0. The summed E-state index contributed by atoms with van der Waals surface area (Å²) in [5.74, 6) is -2.11. The normalized spacial score (nSPS) is 22.0. The molecule has 2 aromatic rings. The van der Waals surface area contributed by atoms with Gasteiger partial charge in [-0.15, -0.1) is 0 Å². The van der Waals surface area contributed by atoms with Gasteiger partial charge in [-0.25, -0.2) is 4.79 Å². The van der Waals surface area contributed by atoms with Gasteiger partial charge in [-0.2, -0.15) is 5.10 Å². The summed E-state index contributed by atoms with van der Waals surface area (Å²) in [6.07, 6.45) is 9.00. The lowest BCUT2D eigenvalue weighted by Gasteiger charge is -2.37. The number of imide groups is 2. The third kappa shape index (κ3) is 4.82. The number of rotatable bonds is 5. The molecule has 0 aliphatic carbocycles. The fourth-order valence-electron chi connectivity index (χ4n) is 6.13. The molecule has 1 aromatic heterocycles. The van der Waals surface area contributed by atoms with Crippen molar-refractivity contribution in [2.24, 2.45) is 0 Å². The standard InChI is InChI=1S/C28H33N7O5/c36-23-8-7-22(25(37)31-23)35-26(38)20-5-4-6-21(24(20)27(35)39)29-15-18-16-30-34(17-18)19-9-13-33(14-10-19)28(40)32-11-2-1-3-12-32/h4-6,16-17,19,22,29H,1-3,7-15H2,(H,31,36,37). The van der Waals surface area contributed by atoms with Gasteiger partial charge in [-0.1, -0.05) is 6.07 Å². The maximum Gasteiger partial charge on any atom is 0.319 e. The molecule has 1 atom stereocenters. The molecule has 5 heterocycles. The first kappa shape index (κ1) is 26.0. The Balaban J connectivity index is 1.07. The summed E-state index contributed by atoms with van der Waals surface area (Å²) in [6, 6.07) is 4.37. The number of anilines is 1. The van der Waals surface area contributed by atoms with Crippen LogP contribution in [0.1, 0.15) is 77.3 Å². The van der Waals surface area contributed by atoms with E-state index in [1.54, 1.807) is 24.4 Å². The summed E-state index contributed by atoms with van der Waals surface area (Å²) in [7, 11) is 0. The van der Waals surface area contributed by atoms with E-state index in [1.165, 1.54) is 6.42 Å². The zero-order valence-electron chi connectivity index (χ0n) is 22.3. The van der Waals surface area contributed by atoms with Gasteiger partial charge in [-0.3, -0.25) is 34.1 Å². The van der Waals surface area contributed by atoms with Crippen molar-refractivity contribution in [2.75, 3.05) is 31.5 Å². The second-order valence-electron chi connectivity index (χ2n) is 10.9. The van der Waals surface area contributed by atoms with Gasteiger partial charge in [0.2, 0.25) is 11.8 Å². The SMILES string of the molecule is O=C1CCC(N2C(=O)c3cccc(NCc4cnn(C5CCN(C(=O)N6CCCCC6)CC5)c4)c3C2=O)C(=O)N1. The van der Waals surface area contributed by atoms with Crippen molar-refractivity contribution >= 4 is 35.3 Å². The molecule has 4 aliphatic rings. The summed E-state index contributed by atoms with van der Waals surface area (Å²) in [5.41, 5.74) is 1.89. The van der Waals surface area contributed by atoms with Crippen molar-refractivity contribution in [3.05, 3.63) is 47.3 Å². The summed E-state index contributed by atoms with van der Waals surface area (Å²) < 4.78 is 1.95. The maximum absolute atomic E-state index is 13.3. The van der Waals surface area contributed by atoms with Crippen LogP contribution < -0.4 is 10.6 Å². The van der Waals surface area contributed by atoms with Gasteiger partial charge in [0.1, 0.15) is 6.04 Å². The highest BCUT2D eigenvalue weighted by molar-refractivity contribution is 6.25. The van der Waals surface area contributed by atoms with Crippen LogP contribution in [0, 0.1) is 0 Å². The van der Waals surface area contributed by atoms with E-state index < -0.39 is 29.7 Å². The number of amides is 6. The van der Waals surface area contributed by atoms with Gasteiger partial charge >= 0.3 is 6.03 Å². The largest absolute Gasteiger partial charge is 0.380 e. The molecule has 6 rings (SSSR count). The first-order valence-electron chi connectivity index (χ1n) is 14.1. The molecular weight excluding hydrogens is 514 g/mol. The third-order valence-electron chi connectivity index (χ3n) is 8.34. The van der Waals surface area contributed by atoms with Crippen LogP contribution in [0.2, 0.25) is 0 Å². The third-order valence-corrected chi connectivity index (χ3v) is 8.34. The number of carbonyl (C=O) groups excluding carboxylic acids is 5. The molecule has 0 spiro atoms. The van der Waals surface area contributed by atoms with Gasteiger partial charge < -0.3 is 15.1 Å². The molecule has 12 heteroatoms. The zero-order chi connectivity index (χ0) is 27.8. The van der Waals surface area contributed by atoms with Crippen LogP contribution in [0.15, 0.2) is 30.6 Å². The molecule has 6 amide bonds. The Morgan fingerprint density at radius 2 is 1.70 bits per heavy atom. The molecule has 1 aromatic carbocycles. The van der Waals surface area contributed by atoms with Gasteiger partial charge in [0, 0.05) is 56.6 Å². The smallest absolute Gasteiger partial charge is 0.319 e. The van der Waals surface area contributed by atoms with Crippen molar-refractivity contribution in [1.29, 1.82) is 0 Å². The van der Waals surface area contributed by atoms with E-state index in [1.807, 2.05) is 20.7 Å². The molecule has 0 bridgehead atoms. The van der Waals surface area contributed by atoms with Crippen LogP contribution in [0.5, 0.6) is 0 Å². The minimum Gasteiger partial charge on any atom is -0.380 e. The Bertz CT molecular complexity index is 1360. The second kappa shape index (κ2) is 10.7. The number of hydrogen-bond acceptors (Lipinski definition) is 7. The number of benzene rings is 1. The second-order valence-corrected chi connectivity index (χ2v) is 10.9. The number of likely N-dealkylation sites (tertiary alicyclic amines) is 2. The lowest BCUT2D eigenvalue weighted by Crippen LogP contribution is -2.54. The minimum absolute atomic E-state index is 0.0761. The van der Waals surface area contributed by atoms with Crippen LogP contribution in [0.4, 0.5) is 10.5 Å². The van der Waals surface area contributed by atoms with E-state index in [4.69, 9.17) is 0 Å². The number of piperidine rings is 3. The Morgan fingerprint density at radius 3 is 2.45 bits per heavy atom. The predicted molar refractivity (Wildman–Crippen MR) is 143 cm³/mol. The minimum atomic E-state index is -1.00. The van der Waals surface area contributed by atoms with E-state index in [-0.39, 0.29) is 36.0 Å². The molecule has 1 unspecified atom stereocenters. The van der Waals surface area contributed by atoms with Gasteiger partial charge in [-0.05, 0) is 50.7 Å². The van der Waals surface area contributed by atoms with Crippen LogP contribution in [-0.2, 0) is 16.1 Å². The van der Waals surface area contributed by atoms with Crippen LogP contribution in [0.25, 0.3) is 0 Å². The highest BCUT2D eigenvalue weighted by atomic mass is 16.2. The zero-order valence-corrected chi connectivity index (χ0v) is 22.3. The highest BCUT2D eigenvalue weighted by Gasteiger charge is 2.45. The quantitative estimate of drug-likeness (QED) is 0.547. The van der Waals surface area contributed by atoms with Crippen LogP contribution in [-0.4, -0.2) is 86.4 Å². The van der Waals surface area contributed by atoms with Crippen LogP contribution in [0.3, 0.4) is 0 Å². The monoisotopic (exact) mass is 547 g/mol. The number of hydrogen-bond donors (Lipinski definition) is 2. The first-order valence-corrected chi connectivity index (χ1v) is 14.1. The number of aromatic nitrogens is 2. The predicted octanol–water partition coefficient (Wildman–Crippen LogP) is 2.14. The number of nitrogens with zero attached hydrogens (tertiary/aromatic N) is 5. The van der Waals surface area contributed by atoms with E-state index in [0.717, 1.165) is 49.2 Å². The topological polar surface area (TPSA) is 137 Å². The van der Waals surface area contributed by atoms with E-state index in [0.29, 0.717) is 25.3 Å². The molecule has 12 nitrogen and oxygen atoms in total. The van der Waals surface area contributed by atoms with Gasteiger partial charge in [0.05, 0.1) is 23.4 Å². The van der Waals surface area contributed by atoms with Gasteiger partial charge in [0.15, 0.2) is 0 Å².